The predicted molar refractivity (Wildman–Crippen MR) is 78.7 cm³/mol. The Labute approximate surface area is 114 Å². The molecule has 0 saturated heterocycles. The molecule has 0 bridgehead atoms. The Morgan fingerprint density at radius 2 is 2.16 bits per heavy atom. The van der Waals surface area contributed by atoms with E-state index in [9.17, 15) is 4.39 Å². The van der Waals surface area contributed by atoms with Gasteiger partial charge in [-0.3, -0.25) is 4.99 Å². The highest BCUT2D eigenvalue weighted by molar-refractivity contribution is 5.78. The van der Waals surface area contributed by atoms with Crippen LogP contribution in [-0.2, 0) is 5.41 Å². The molecule has 0 fully saturated rings. The molecule has 19 heavy (non-hydrogen) atoms. The maximum atomic E-state index is 13.2. The maximum Gasteiger partial charge on any atom is 0.188 e. The molecule has 0 aliphatic heterocycles. The van der Waals surface area contributed by atoms with Gasteiger partial charge >= 0.3 is 0 Å². The number of aliphatic imine (C=N–C) groups is 1. The number of guanidine groups is 1. The number of hydrogen-bond acceptors (Lipinski definition) is 1. The van der Waals surface area contributed by atoms with Crippen LogP contribution in [0.4, 0.5) is 4.39 Å². The highest BCUT2D eigenvalue weighted by atomic mass is 19.1. The number of nitrogens with one attached hydrogen (secondary N) is 1. The molecular weight excluding hydrogens is 241 g/mol. The Hall–Kier alpha value is -1.84. The number of nitrogens with zero attached hydrogens (tertiary/aromatic N) is 1. The van der Waals surface area contributed by atoms with Crippen LogP contribution in [0.25, 0.3) is 0 Å². The zero-order valence-corrected chi connectivity index (χ0v) is 11.8. The molecule has 0 aliphatic carbocycles. The third-order valence-electron chi connectivity index (χ3n) is 2.82. The number of benzene rings is 1. The molecule has 0 radical (unpaired) electrons. The Kier molecular flexibility index (Phi) is 5.10. The first-order chi connectivity index (χ1) is 8.81. The van der Waals surface area contributed by atoms with Crippen molar-refractivity contribution < 1.29 is 4.39 Å². The molecule has 0 spiro atoms. The smallest absolute Gasteiger partial charge is 0.188 e. The summed E-state index contributed by atoms with van der Waals surface area (Å²) < 4.78 is 13.2. The van der Waals surface area contributed by atoms with E-state index in [1.165, 1.54) is 12.1 Å². The second-order valence-corrected chi connectivity index (χ2v) is 5.41. The molecule has 104 valence electrons. The third kappa shape index (κ3) is 5.12. The average Bonchev–Trinajstić information content (AvgIpc) is 2.34. The van der Waals surface area contributed by atoms with E-state index in [0.29, 0.717) is 19.0 Å². The standard InChI is InChI=1S/C15H22FN3/c1-11(2)9-18-14(17)19-10-15(3,4)12-6-5-7-13(16)8-12/h5-8H,1,9-10H2,2-4H3,(H3,17,18,19). The SMILES string of the molecule is C=C(C)CNC(N)=NCC(C)(C)c1cccc(F)c1. The van der Waals surface area contributed by atoms with Crippen LogP contribution in [0.1, 0.15) is 26.3 Å². The molecule has 0 unspecified atom stereocenters. The highest BCUT2D eigenvalue weighted by Gasteiger charge is 2.20. The minimum atomic E-state index is -0.266. The zero-order valence-electron chi connectivity index (χ0n) is 11.8. The monoisotopic (exact) mass is 263 g/mol. The maximum absolute atomic E-state index is 13.2. The van der Waals surface area contributed by atoms with Crippen LogP contribution in [0.2, 0.25) is 0 Å². The van der Waals surface area contributed by atoms with Gasteiger partial charge in [0.25, 0.3) is 0 Å². The largest absolute Gasteiger partial charge is 0.370 e. The molecular formula is C15H22FN3. The molecule has 0 saturated carbocycles. The van der Waals surface area contributed by atoms with E-state index in [0.717, 1.165) is 11.1 Å². The topological polar surface area (TPSA) is 50.4 Å². The first kappa shape index (κ1) is 15.2. The lowest BCUT2D eigenvalue weighted by Gasteiger charge is -2.23. The lowest BCUT2D eigenvalue weighted by atomic mass is 9.85. The summed E-state index contributed by atoms with van der Waals surface area (Å²) in [7, 11) is 0. The minimum Gasteiger partial charge on any atom is -0.370 e. The van der Waals surface area contributed by atoms with Crippen LogP contribution in [0.15, 0.2) is 41.4 Å². The highest BCUT2D eigenvalue weighted by Crippen LogP contribution is 2.23. The summed E-state index contributed by atoms with van der Waals surface area (Å²) in [5, 5.41) is 2.97. The zero-order chi connectivity index (χ0) is 14.5. The molecule has 0 atom stereocenters. The molecule has 1 rings (SSSR count). The van der Waals surface area contributed by atoms with Gasteiger partial charge in [-0.2, -0.15) is 0 Å². The van der Waals surface area contributed by atoms with Gasteiger partial charge < -0.3 is 11.1 Å². The van der Waals surface area contributed by atoms with Crippen molar-refractivity contribution in [1.82, 2.24) is 5.32 Å². The first-order valence-electron chi connectivity index (χ1n) is 6.25. The summed E-state index contributed by atoms with van der Waals surface area (Å²) in [5.74, 6) is 0.149. The molecule has 0 aromatic heterocycles. The van der Waals surface area contributed by atoms with Crippen molar-refractivity contribution in [2.75, 3.05) is 13.1 Å². The van der Waals surface area contributed by atoms with Crippen molar-refractivity contribution in [2.45, 2.75) is 26.2 Å². The van der Waals surface area contributed by atoms with E-state index in [1.54, 1.807) is 6.07 Å². The summed E-state index contributed by atoms with van der Waals surface area (Å²) in [6, 6.07) is 6.58. The summed E-state index contributed by atoms with van der Waals surface area (Å²) in [6.45, 7) is 10.8. The van der Waals surface area contributed by atoms with E-state index >= 15 is 0 Å². The molecule has 1 aromatic carbocycles. The Bertz CT molecular complexity index is 478. The van der Waals surface area contributed by atoms with Crippen molar-refractivity contribution in [3.05, 3.63) is 47.8 Å². The van der Waals surface area contributed by atoms with E-state index in [2.05, 4.69) is 16.9 Å². The van der Waals surface area contributed by atoms with Gasteiger partial charge in [0.15, 0.2) is 5.96 Å². The predicted octanol–water partition coefficient (Wildman–Crippen LogP) is 2.58. The second-order valence-electron chi connectivity index (χ2n) is 5.41. The third-order valence-corrected chi connectivity index (χ3v) is 2.82. The normalized spacial score (nSPS) is 12.3. The van der Waals surface area contributed by atoms with Gasteiger partial charge in [0.1, 0.15) is 5.82 Å². The summed E-state index contributed by atoms with van der Waals surface area (Å²) >= 11 is 0. The number of hydrogen-bond donors (Lipinski definition) is 2. The van der Waals surface area contributed by atoms with Crippen LogP contribution in [-0.4, -0.2) is 19.0 Å². The summed E-state index contributed by atoms with van der Waals surface area (Å²) in [5.41, 5.74) is 7.39. The van der Waals surface area contributed by atoms with Crippen LogP contribution in [0.3, 0.4) is 0 Å². The minimum absolute atomic E-state index is 0.233. The fourth-order valence-electron chi connectivity index (χ4n) is 1.58. The Morgan fingerprint density at radius 3 is 2.74 bits per heavy atom. The first-order valence-corrected chi connectivity index (χ1v) is 6.25. The number of halogens is 1. The summed E-state index contributed by atoms with van der Waals surface area (Å²) in [6.07, 6.45) is 0. The van der Waals surface area contributed by atoms with Crippen LogP contribution in [0.5, 0.6) is 0 Å². The van der Waals surface area contributed by atoms with Gasteiger partial charge in [-0.15, -0.1) is 0 Å². The van der Waals surface area contributed by atoms with E-state index in [4.69, 9.17) is 5.73 Å². The van der Waals surface area contributed by atoms with Gasteiger partial charge in [-0.25, -0.2) is 4.39 Å². The van der Waals surface area contributed by atoms with Crippen LogP contribution >= 0.6 is 0 Å². The van der Waals surface area contributed by atoms with Gasteiger partial charge in [-0.05, 0) is 24.6 Å². The Balaban J connectivity index is 2.69. The van der Waals surface area contributed by atoms with Gasteiger partial charge in [0.2, 0.25) is 0 Å². The van der Waals surface area contributed by atoms with Gasteiger partial charge in [0, 0.05) is 12.0 Å². The van der Waals surface area contributed by atoms with Crippen molar-refractivity contribution in [1.29, 1.82) is 0 Å². The fraction of sp³-hybridized carbons (Fsp3) is 0.400. The number of rotatable bonds is 5. The quantitative estimate of drug-likeness (QED) is 0.487. The van der Waals surface area contributed by atoms with E-state index in [-0.39, 0.29) is 11.2 Å². The molecule has 0 amide bonds. The fourth-order valence-corrected chi connectivity index (χ4v) is 1.58. The summed E-state index contributed by atoms with van der Waals surface area (Å²) in [4.78, 5) is 4.29. The molecule has 0 aliphatic rings. The van der Waals surface area contributed by atoms with Gasteiger partial charge in [-0.1, -0.05) is 38.1 Å². The van der Waals surface area contributed by atoms with Crippen LogP contribution in [0, 0.1) is 5.82 Å². The van der Waals surface area contributed by atoms with Crippen molar-refractivity contribution in [3.8, 4) is 0 Å². The molecule has 3 nitrogen and oxygen atoms in total. The van der Waals surface area contributed by atoms with Crippen LogP contribution < -0.4 is 11.1 Å². The second kappa shape index (κ2) is 6.36. The van der Waals surface area contributed by atoms with Gasteiger partial charge in [0.05, 0.1) is 6.54 Å². The van der Waals surface area contributed by atoms with Crippen molar-refractivity contribution in [2.24, 2.45) is 10.7 Å². The molecule has 4 heteroatoms. The molecule has 1 aromatic rings. The lowest BCUT2D eigenvalue weighted by molar-refractivity contribution is 0.530. The lowest BCUT2D eigenvalue weighted by Crippen LogP contribution is -2.34. The number of nitrogens with two attached hydrogens (primary N) is 1. The van der Waals surface area contributed by atoms with E-state index in [1.807, 2.05) is 26.8 Å². The van der Waals surface area contributed by atoms with Crippen molar-refractivity contribution in [3.63, 3.8) is 0 Å². The molecule has 3 N–H and O–H groups in total. The molecule has 0 heterocycles. The van der Waals surface area contributed by atoms with E-state index < -0.39 is 0 Å². The Morgan fingerprint density at radius 1 is 1.47 bits per heavy atom. The average molecular weight is 263 g/mol. The van der Waals surface area contributed by atoms with Crippen molar-refractivity contribution >= 4 is 5.96 Å².